The van der Waals surface area contributed by atoms with Gasteiger partial charge in [0.1, 0.15) is 0 Å². The van der Waals surface area contributed by atoms with E-state index in [1.165, 1.54) is 7.05 Å². The van der Waals surface area contributed by atoms with E-state index in [-0.39, 0.29) is 24.8 Å². The fourth-order valence-electron chi connectivity index (χ4n) is 1.46. The monoisotopic (exact) mass is 226 g/mol. The van der Waals surface area contributed by atoms with Crippen LogP contribution in [0.1, 0.15) is 13.3 Å². The third-order valence-electron chi connectivity index (χ3n) is 2.38. The predicted molar refractivity (Wildman–Crippen MR) is 55.6 cm³/mol. The molecule has 1 heterocycles. The van der Waals surface area contributed by atoms with E-state index >= 15 is 0 Å². The Bertz CT molecular complexity index is 362. The summed E-state index contributed by atoms with van der Waals surface area (Å²) in [5.41, 5.74) is 0.599. The number of carbonyl (C=O) groups excluding carboxylic acids is 2. The average molecular weight is 226 g/mol. The third kappa shape index (κ3) is 2.90. The number of aliphatic carboxylic acids is 1. The number of carbonyl (C=O) groups is 3. The van der Waals surface area contributed by atoms with E-state index in [9.17, 15) is 14.4 Å². The zero-order chi connectivity index (χ0) is 12.3. The highest BCUT2D eigenvalue weighted by Crippen LogP contribution is 2.10. The lowest BCUT2D eigenvalue weighted by Crippen LogP contribution is -2.37. The van der Waals surface area contributed by atoms with Crippen LogP contribution in [-0.2, 0) is 14.4 Å². The number of hydrogen-bond acceptors (Lipinski definition) is 4. The normalized spacial score (nSPS) is 21.8. The molecule has 0 aromatic rings. The first-order valence-electron chi connectivity index (χ1n) is 4.85. The van der Waals surface area contributed by atoms with E-state index in [0.29, 0.717) is 5.57 Å². The van der Waals surface area contributed by atoms with Gasteiger partial charge in [0, 0.05) is 19.7 Å². The van der Waals surface area contributed by atoms with Crippen LogP contribution in [0.15, 0.2) is 11.6 Å². The predicted octanol–water partition coefficient (Wildman–Crippen LogP) is -0.636. The van der Waals surface area contributed by atoms with E-state index in [1.807, 2.05) is 0 Å². The van der Waals surface area contributed by atoms with Crippen LogP contribution in [0.25, 0.3) is 0 Å². The molecule has 0 spiro atoms. The van der Waals surface area contributed by atoms with Crippen molar-refractivity contribution in [3.05, 3.63) is 11.6 Å². The molecular weight excluding hydrogens is 212 g/mol. The van der Waals surface area contributed by atoms with Gasteiger partial charge in [-0.1, -0.05) is 5.57 Å². The maximum atomic E-state index is 11.5. The first kappa shape index (κ1) is 12.4. The lowest BCUT2D eigenvalue weighted by molar-refractivity contribution is -0.137. The molecule has 1 aliphatic rings. The number of nitrogens with one attached hydrogen (secondary N) is 1. The summed E-state index contributed by atoms with van der Waals surface area (Å²) in [7, 11) is 1.44. The zero-order valence-electron chi connectivity index (χ0n) is 9.19. The summed E-state index contributed by atoms with van der Waals surface area (Å²) in [4.78, 5) is 34.0. The van der Waals surface area contributed by atoms with Gasteiger partial charge in [-0.2, -0.15) is 0 Å². The number of nitrogens with zero attached hydrogens (tertiary/aromatic N) is 1. The first-order valence-corrected chi connectivity index (χ1v) is 4.85. The van der Waals surface area contributed by atoms with Gasteiger partial charge < -0.3 is 10.4 Å². The highest BCUT2D eigenvalue weighted by molar-refractivity contribution is 6.05. The molecule has 16 heavy (non-hydrogen) atoms. The molecule has 0 aromatic heterocycles. The summed E-state index contributed by atoms with van der Waals surface area (Å²) in [6.45, 7) is 1.93. The molecular formula is C10H14N2O4. The van der Waals surface area contributed by atoms with Crippen LogP contribution in [0, 0.1) is 0 Å². The van der Waals surface area contributed by atoms with Gasteiger partial charge in [0.2, 0.25) is 11.8 Å². The van der Waals surface area contributed by atoms with Crippen molar-refractivity contribution in [2.24, 2.45) is 0 Å². The van der Waals surface area contributed by atoms with Crippen LogP contribution < -0.4 is 5.32 Å². The Labute approximate surface area is 92.9 Å². The quantitative estimate of drug-likeness (QED) is 0.492. The van der Waals surface area contributed by atoms with E-state index in [0.717, 1.165) is 11.0 Å². The number of amides is 2. The molecule has 1 rings (SSSR count). The van der Waals surface area contributed by atoms with Crippen LogP contribution in [0.4, 0.5) is 0 Å². The molecule has 2 amide bonds. The SMILES string of the molecule is CC(=CC(=O)O)CNC1CC(=O)N(C)C1=O. The fraction of sp³-hybridized carbons (Fsp3) is 0.500. The molecule has 1 saturated heterocycles. The van der Waals surface area contributed by atoms with Gasteiger partial charge in [-0.25, -0.2) is 4.79 Å². The summed E-state index contributed by atoms with van der Waals surface area (Å²) in [6.07, 6.45) is 1.20. The first-order chi connectivity index (χ1) is 7.41. The smallest absolute Gasteiger partial charge is 0.328 e. The number of likely N-dealkylation sites (tertiary alicyclic amines) is 1. The Balaban J connectivity index is 2.49. The highest BCUT2D eigenvalue weighted by Gasteiger charge is 2.35. The van der Waals surface area contributed by atoms with Crippen LogP contribution in [0.5, 0.6) is 0 Å². The standard InChI is InChI=1S/C10H14N2O4/c1-6(3-9(14)15)5-11-7-4-8(13)12(2)10(7)16/h3,7,11H,4-5H2,1-2H3,(H,14,15). The molecule has 1 fully saturated rings. The second kappa shape index (κ2) is 4.89. The molecule has 6 heteroatoms. The molecule has 0 bridgehead atoms. The highest BCUT2D eigenvalue weighted by atomic mass is 16.4. The Morgan fingerprint density at radius 3 is 2.69 bits per heavy atom. The zero-order valence-corrected chi connectivity index (χ0v) is 9.19. The summed E-state index contributed by atoms with van der Waals surface area (Å²) < 4.78 is 0. The van der Waals surface area contributed by atoms with Gasteiger partial charge in [-0.05, 0) is 6.92 Å². The largest absolute Gasteiger partial charge is 0.478 e. The lowest BCUT2D eigenvalue weighted by Gasteiger charge is -2.10. The topological polar surface area (TPSA) is 86.7 Å². The molecule has 0 saturated carbocycles. The van der Waals surface area contributed by atoms with E-state index in [2.05, 4.69) is 5.32 Å². The maximum Gasteiger partial charge on any atom is 0.328 e. The second-order valence-corrected chi connectivity index (χ2v) is 3.76. The van der Waals surface area contributed by atoms with Gasteiger partial charge in [-0.3, -0.25) is 14.5 Å². The molecule has 1 atom stereocenters. The van der Waals surface area contributed by atoms with Crippen LogP contribution in [-0.4, -0.2) is 47.4 Å². The third-order valence-corrected chi connectivity index (χ3v) is 2.38. The fourth-order valence-corrected chi connectivity index (χ4v) is 1.46. The van der Waals surface area contributed by atoms with E-state index < -0.39 is 12.0 Å². The van der Waals surface area contributed by atoms with Crippen LogP contribution >= 0.6 is 0 Å². The molecule has 2 N–H and O–H groups in total. The Hall–Kier alpha value is -1.69. The molecule has 1 unspecified atom stereocenters. The molecule has 88 valence electrons. The minimum atomic E-state index is -1.02. The van der Waals surface area contributed by atoms with Crippen molar-refractivity contribution in [2.75, 3.05) is 13.6 Å². The van der Waals surface area contributed by atoms with Crippen molar-refractivity contribution in [1.29, 1.82) is 0 Å². The Morgan fingerprint density at radius 1 is 1.62 bits per heavy atom. The number of imide groups is 1. The summed E-state index contributed by atoms with van der Waals surface area (Å²) in [5.74, 6) is -1.51. The molecule has 6 nitrogen and oxygen atoms in total. The molecule has 0 radical (unpaired) electrons. The Morgan fingerprint density at radius 2 is 2.25 bits per heavy atom. The van der Waals surface area contributed by atoms with Crippen LogP contribution in [0.2, 0.25) is 0 Å². The minimum Gasteiger partial charge on any atom is -0.478 e. The van der Waals surface area contributed by atoms with Crippen molar-refractivity contribution in [3.63, 3.8) is 0 Å². The summed E-state index contributed by atoms with van der Waals surface area (Å²) in [6, 6.07) is -0.533. The minimum absolute atomic E-state index is 0.135. The molecule has 1 aliphatic heterocycles. The van der Waals surface area contributed by atoms with Gasteiger partial charge in [-0.15, -0.1) is 0 Å². The van der Waals surface area contributed by atoms with E-state index in [4.69, 9.17) is 5.11 Å². The number of carboxylic acid groups (broad SMARTS) is 1. The number of carboxylic acids is 1. The molecule has 0 aliphatic carbocycles. The summed E-state index contributed by atoms with van der Waals surface area (Å²) >= 11 is 0. The van der Waals surface area contributed by atoms with Gasteiger partial charge in [0.05, 0.1) is 12.5 Å². The number of hydrogen-bond donors (Lipinski definition) is 2. The van der Waals surface area contributed by atoms with Gasteiger partial charge in [0.15, 0.2) is 0 Å². The van der Waals surface area contributed by atoms with E-state index in [1.54, 1.807) is 6.92 Å². The second-order valence-electron chi connectivity index (χ2n) is 3.76. The van der Waals surface area contributed by atoms with Crippen molar-refractivity contribution in [1.82, 2.24) is 10.2 Å². The lowest BCUT2D eigenvalue weighted by atomic mass is 10.2. The number of rotatable bonds is 4. The van der Waals surface area contributed by atoms with Crippen LogP contribution in [0.3, 0.4) is 0 Å². The number of likely N-dealkylation sites (N-methyl/N-ethyl adjacent to an activating group) is 1. The summed E-state index contributed by atoms with van der Waals surface area (Å²) in [5, 5.41) is 11.3. The Kier molecular flexibility index (Phi) is 3.78. The molecule has 0 aromatic carbocycles. The van der Waals surface area contributed by atoms with Crippen molar-refractivity contribution in [2.45, 2.75) is 19.4 Å². The van der Waals surface area contributed by atoms with Gasteiger partial charge in [0.25, 0.3) is 0 Å². The maximum absolute atomic E-state index is 11.5. The van der Waals surface area contributed by atoms with Gasteiger partial charge >= 0.3 is 5.97 Å². The van der Waals surface area contributed by atoms with Crippen molar-refractivity contribution >= 4 is 17.8 Å². The van der Waals surface area contributed by atoms with Crippen molar-refractivity contribution in [3.8, 4) is 0 Å². The average Bonchev–Trinajstić information content (AvgIpc) is 2.42. The van der Waals surface area contributed by atoms with Crippen molar-refractivity contribution < 1.29 is 19.5 Å².